The van der Waals surface area contributed by atoms with E-state index >= 15 is 0 Å². The van der Waals surface area contributed by atoms with Gasteiger partial charge < -0.3 is 4.43 Å². The van der Waals surface area contributed by atoms with E-state index in [0.29, 0.717) is 23.2 Å². The molecule has 3 heteroatoms. The molecule has 0 aromatic heterocycles. The first-order valence-corrected chi connectivity index (χ1v) is 16.8. The second kappa shape index (κ2) is 8.77. The summed E-state index contributed by atoms with van der Waals surface area (Å²) in [6.07, 6.45) is 16.4. The highest BCUT2D eigenvalue weighted by molar-refractivity contribution is 6.74. The number of allylic oxidation sites excluding steroid dienone is 2. The van der Waals surface area contributed by atoms with Crippen molar-refractivity contribution in [3.8, 4) is 0 Å². The summed E-state index contributed by atoms with van der Waals surface area (Å²) >= 11 is 0. The Hall–Kier alpha value is -0.673. The van der Waals surface area contributed by atoms with E-state index in [0.717, 1.165) is 37.0 Å². The number of carbonyl (C=O) groups excluding carboxylic acids is 1. The molecule has 0 spiro atoms. The van der Waals surface area contributed by atoms with Crippen LogP contribution in [0.1, 0.15) is 98.8 Å². The zero-order chi connectivity index (χ0) is 24.2. The van der Waals surface area contributed by atoms with E-state index < -0.39 is 8.32 Å². The van der Waals surface area contributed by atoms with Gasteiger partial charge in [0.1, 0.15) is 0 Å². The monoisotopic (exact) mass is 470 g/mol. The molecule has 186 valence electrons. The van der Waals surface area contributed by atoms with Crippen molar-refractivity contribution in [1.82, 2.24) is 0 Å². The van der Waals surface area contributed by atoms with E-state index in [2.05, 4.69) is 60.4 Å². The minimum absolute atomic E-state index is 0.220. The first-order valence-electron chi connectivity index (χ1n) is 13.9. The van der Waals surface area contributed by atoms with Crippen LogP contribution in [0.4, 0.5) is 0 Å². The van der Waals surface area contributed by atoms with E-state index in [1.165, 1.54) is 50.5 Å². The highest BCUT2D eigenvalue weighted by atomic mass is 28.4. The molecule has 2 nitrogen and oxygen atoms in total. The number of rotatable bonds is 6. The Morgan fingerprint density at radius 3 is 2.55 bits per heavy atom. The van der Waals surface area contributed by atoms with Gasteiger partial charge in [0.05, 0.1) is 6.10 Å². The number of hydrogen-bond donors (Lipinski definition) is 0. The van der Waals surface area contributed by atoms with Crippen LogP contribution in [0.2, 0.25) is 18.1 Å². The van der Waals surface area contributed by atoms with Crippen LogP contribution in [0.3, 0.4) is 0 Å². The first-order chi connectivity index (χ1) is 15.3. The van der Waals surface area contributed by atoms with Gasteiger partial charge in [-0.1, -0.05) is 46.3 Å². The molecule has 0 aliphatic heterocycles. The maximum Gasteiger partial charge on any atom is 0.192 e. The van der Waals surface area contributed by atoms with Crippen molar-refractivity contribution >= 4 is 14.1 Å². The third-order valence-corrected chi connectivity index (χ3v) is 15.9. The molecule has 7 atom stereocenters. The van der Waals surface area contributed by atoms with Crippen molar-refractivity contribution in [2.24, 2.45) is 34.5 Å². The van der Waals surface area contributed by atoms with Crippen molar-refractivity contribution in [3.63, 3.8) is 0 Å². The Kier molecular flexibility index (Phi) is 6.75. The number of ketones is 1. The molecule has 0 N–H and O–H groups in total. The smallest absolute Gasteiger partial charge is 0.192 e. The van der Waals surface area contributed by atoms with Crippen molar-refractivity contribution in [3.05, 3.63) is 24.3 Å². The molecule has 0 aromatic carbocycles. The standard InChI is InChI=1S/C30H50O2Si/c1-9-10-11-12-21-19-23(31)20-22-13-14-24-25-15-16-27(32-33(7,8)28(2,3)4)29(25,5)18-17-26(24)30(21,22)6/h9,20-21,24-27H,1,10-19H2,2-8H3/t21?,24-,25-,26-,27-,29-,30-/m0/s1. The predicted molar refractivity (Wildman–Crippen MR) is 142 cm³/mol. The van der Waals surface area contributed by atoms with Crippen molar-refractivity contribution in [1.29, 1.82) is 0 Å². The summed E-state index contributed by atoms with van der Waals surface area (Å²) in [5.41, 5.74) is 2.05. The third kappa shape index (κ3) is 4.18. The van der Waals surface area contributed by atoms with Crippen molar-refractivity contribution in [2.75, 3.05) is 0 Å². The molecule has 0 amide bonds. The number of hydrogen-bond acceptors (Lipinski definition) is 2. The SMILES string of the molecule is C=CCCCC1CC(=O)C=C2CC[C@H]3[C@@H]4CC[C@H](O[Si](C)(C)C(C)(C)C)[C@@]4(C)CC[C@@H]3[C@]21C. The molecule has 4 aliphatic carbocycles. The molecule has 0 saturated heterocycles. The lowest BCUT2D eigenvalue weighted by Crippen LogP contribution is -2.55. The second-order valence-corrected chi connectivity index (χ2v) is 18.7. The molecular weight excluding hydrogens is 420 g/mol. The Bertz CT molecular complexity index is 805. The fourth-order valence-corrected chi connectivity index (χ4v) is 9.81. The average molecular weight is 471 g/mol. The lowest BCUT2D eigenvalue weighted by molar-refractivity contribution is -0.122. The summed E-state index contributed by atoms with van der Waals surface area (Å²) in [4.78, 5) is 12.6. The maximum atomic E-state index is 12.6. The summed E-state index contributed by atoms with van der Waals surface area (Å²) < 4.78 is 7.12. The average Bonchev–Trinajstić information content (AvgIpc) is 3.04. The summed E-state index contributed by atoms with van der Waals surface area (Å²) in [5, 5.41) is 0.268. The van der Waals surface area contributed by atoms with Gasteiger partial charge in [-0.15, -0.1) is 6.58 Å². The normalized spacial score (nSPS) is 41.1. The fourth-order valence-electron chi connectivity index (χ4n) is 8.35. The zero-order valence-corrected chi connectivity index (χ0v) is 23.6. The lowest BCUT2D eigenvalue weighted by Gasteiger charge is -2.60. The summed E-state index contributed by atoms with van der Waals surface area (Å²) in [7, 11) is -1.77. The van der Waals surface area contributed by atoms with E-state index in [1.807, 2.05) is 6.08 Å². The molecule has 3 saturated carbocycles. The van der Waals surface area contributed by atoms with Crippen LogP contribution in [0.5, 0.6) is 0 Å². The van der Waals surface area contributed by atoms with Gasteiger partial charge in [-0.3, -0.25) is 4.79 Å². The summed E-state index contributed by atoms with van der Waals surface area (Å²) in [5.74, 6) is 3.23. The van der Waals surface area contributed by atoms with Crippen LogP contribution in [-0.4, -0.2) is 20.2 Å². The lowest BCUT2D eigenvalue weighted by atomic mass is 9.45. The van der Waals surface area contributed by atoms with Gasteiger partial charge in [0.25, 0.3) is 0 Å². The largest absolute Gasteiger partial charge is 0.413 e. The second-order valence-electron chi connectivity index (χ2n) is 13.9. The maximum absolute atomic E-state index is 12.6. The molecule has 4 rings (SSSR count). The van der Waals surface area contributed by atoms with Gasteiger partial charge in [0.15, 0.2) is 14.1 Å². The Morgan fingerprint density at radius 1 is 1.15 bits per heavy atom. The first kappa shape index (κ1) is 25.4. The molecule has 0 bridgehead atoms. The van der Waals surface area contributed by atoms with Crippen LogP contribution < -0.4 is 0 Å². The van der Waals surface area contributed by atoms with Gasteiger partial charge in [-0.05, 0) is 116 Å². The van der Waals surface area contributed by atoms with Crippen LogP contribution in [-0.2, 0) is 9.22 Å². The molecule has 0 aromatic rings. The van der Waals surface area contributed by atoms with Crippen molar-refractivity contribution < 1.29 is 9.22 Å². The van der Waals surface area contributed by atoms with E-state index in [-0.39, 0.29) is 10.5 Å². The van der Waals surface area contributed by atoms with E-state index in [1.54, 1.807) is 0 Å². The molecule has 0 radical (unpaired) electrons. The fraction of sp³-hybridized carbons (Fsp3) is 0.833. The van der Waals surface area contributed by atoms with E-state index in [4.69, 9.17) is 4.43 Å². The number of fused-ring (bicyclic) bond motifs is 5. The summed E-state index contributed by atoms with van der Waals surface area (Å²) in [6.45, 7) is 21.0. The molecule has 33 heavy (non-hydrogen) atoms. The Balaban J connectivity index is 1.59. The molecular formula is C30H50O2Si. The van der Waals surface area contributed by atoms with Crippen LogP contribution in [0, 0.1) is 34.5 Å². The molecule has 0 heterocycles. The Labute approximate surface area is 205 Å². The Morgan fingerprint density at radius 2 is 1.88 bits per heavy atom. The molecule has 3 fully saturated rings. The van der Waals surface area contributed by atoms with E-state index in [9.17, 15) is 4.79 Å². The topological polar surface area (TPSA) is 26.3 Å². The highest BCUT2D eigenvalue weighted by Crippen LogP contribution is 2.67. The van der Waals surface area contributed by atoms with Gasteiger partial charge >= 0.3 is 0 Å². The van der Waals surface area contributed by atoms with Crippen LogP contribution in [0.15, 0.2) is 24.3 Å². The highest BCUT2D eigenvalue weighted by Gasteiger charge is 2.61. The predicted octanol–water partition coefficient (Wildman–Crippen LogP) is 8.49. The quantitative estimate of drug-likeness (QED) is 0.221. The van der Waals surface area contributed by atoms with Gasteiger partial charge in [0.2, 0.25) is 0 Å². The third-order valence-electron chi connectivity index (χ3n) is 11.4. The van der Waals surface area contributed by atoms with Crippen LogP contribution >= 0.6 is 0 Å². The number of carbonyl (C=O) groups is 1. The van der Waals surface area contributed by atoms with Gasteiger partial charge in [-0.25, -0.2) is 0 Å². The summed E-state index contributed by atoms with van der Waals surface area (Å²) in [6, 6.07) is 0. The molecule has 4 aliphatic rings. The number of unbranched alkanes of at least 4 members (excludes halogenated alkanes) is 1. The van der Waals surface area contributed by atoms with Crippen molar-refractivity contribution in [2.45, 2.75) is 123 Å². The van der Waals surface area contributed by atoms with Gasteiger partial charge in [0, 0.05) is 6.42 Å². The van der Waals surface area contributed by atoms with Crippen LogP contribution in [0.25, 0.3) is 0 Å². The minimum Gasteiger partial charge on any atom is -0.413 e. The van der Waals surface area contributed by atoms with Gasteiger partial charge in [-0.2, -0.15) is 0 Å². The minimum atomic E-state index is -1.77. The molecule has 1 unspecified atom stereocenters. The zero-order valence-electron chi connectivity index (χ0n) is 22.6.